The smallest absolute Gasteiger partial charge is 0.415 e. The summed E-state index contributed by atoms with van der Waals surface area (Å²) in [4.78, 5) is 42.2. The first-order chi connectivity index (χ1) is 20.2. The van der Waals surface area contributed by atoms with E-state index in [2.05, 4.69) is 10.3 Å². The van der Waals surface area contributed by atoms with Crippen molar-refractivity contribution in [1.82, 2.24) is 10.3 Å². The number of hydrogen-bond donors (Lipinski definition) is 1. The van der Waals surface area contributed by atoms with Gasteiger partial charge in [0.05, 0.1) is 18.2 Å². The number of benzene rings is 2. The van der Waals surface area contributed by atoms with Crippen LogP contribution < -0.4 is 15.1 Å². The molecule has 2 aliphatic rings. The van der Waals surface area contributed by atoms with E-state index in [1.54, 1.807) is 12.1 Å². The Labute approximate surface area is 240 Å². The minimum atomic E-state index is -2.76. The molecule has 2 fully saturated rings. The van der Waals surface area contributed by atoms with Gasteiger partial charge in [-0.2, -0.15) is 5.26 Å². The number of rotatable bonds is 9. The molecular formula is C30H28F3N5O4. The Morgan fingerprint density at radius 3 is 2.57 bits per heavy atom. The van der Waals surface area contributed by atoms with Crippen LogP contribution in [0.2, 0.25) is 0 Å². The summed E-state index contributed by atoms with van der Waals surface area (Å²) < 4.78 is 44.5. The molecule has 1 aliphatic heterocycles. The number of cyclic esters (lactones) is 1. The molecule has 1 aliphatic carbocycles. The Morgan fingerprint density at radius 2 is 1.95 bits per heavy atom. The van der Waals surface area contributed by atoms with Crippen LogP contribution in [0, 0.1) is 17.1 Å². The first kappa shape index (κ1) is 30.0. The Hall–Kier alpha value is -4.92. The standard InChI is InChI=1S/C21H21F3N2O2.C9H7N3O2/c22-16-7-4-8-18(11-16)26(14-27)19(10-9-15-5-2-1-3-6-15)20(28)25-17-12-21(23,24)13-17;10-6-7-1-2-11-8(5-7)12-3-4-14-9(12)13/h1-8,11,14,17,19H,9-10,12-13H2,(H,25,28);1-2,5H,3-4H2. The number of alkyl halides is 2. The molecule has 0 spiro atoms. The summed E-state index contributed by atoms with van der Waals surface area (Å²) in [5, 5.41) is 11.3. The van der Waals surface area contributed by atoms with Gasteiger partial charge in [0.1, 0.15) is 24.3 Å². The van der Waals surface area contributed by atoms with E-state index >= 15 is 0 Å². The lowest BCUT2D eigenvalue weighted by Gasteiger charge is -2.37. The highest BCUT2D eigenvalue weighted by Crippen LogP contribution is 2.37. The number of anilines is 2. The van der Waals surface area contributed by atoms with Gasteiger partial charge in [-0.3, -0.25) is 14.5 Å². The van der Waals surface area contributed by atoms with Crippen LogP contribution in [0.3, 0.4) is 0 Å². The number of aromatic nitrogens is 1. The van der Waals surface area contributed by atoms with E-state index in [0.29, 0.717) is 37.4 Å². The van der Waals surface area contributed by atoms with Gasteiger partial charge in [0, 0.05) is 30.8 Å². The van der Waals surface area contributed by atoms with E-state index in [9.17, 15) is 27.6 Å². The molecule has 1 N–H and O–H groups in total. The highest BCUT2D eigenvalue weighted by Gasteiger charge is 2.46. The summed E-state index contributed by atoms with van der Waals surface area (Å²) in [7, 11) is 0. The highest BCUT2D eigenvalue weighted by molar-refractivity contribution is 5.92. The number of nitrogens with zero attached hydrogens (tertiary/aromatic N) is 4. The minimum absolute atomic E-state index is 0.238. The molecule has 1 aromatic heterocycles. The molecule has 2 heterocycles. The van der Waals surface area contributed by atoms with Gasteiger partial charge in [-0.05, 0) is 48.7 Å². The number of pyridine rings is 1. The molecule has 1 atom stereocenters. The fourth-order valence-electron chi connectivity index (χ4n) is 4.59. The monoisotopic (exact) mass is 579 g/mol. The van der Waals surface area contributed by atoms with Crippen LogP contribution >= 0.6 is 0 Å². The quantitative estimate of drug-likeness (QED) is 0.370. The van der Waals surface area contributed by atoms with Crippen LogP contribution in [0.4, 0.5) is 29.5 Å². The van der Waals surface area contributed by atoms with Crippen LogP contribution in [-0.2, 0) is 20.7 Å². The Balaban J connectivity index is 0.000000241. The molecule has 9 nitrogen and oxygen atoms in total. The van der Waals surface area contributed by atoms with Crippen molar-refractivity contribution in [1.29, 1.82) is 5.26 Å². The summed E-state index contributed by atoms with van der Waals surface area (Å²) in [5.74, 6) is -3.35. The van der Waals surface area contributed by atoms with Gasteiger partial charge in [0.2, 0.25) is 12.3 Å². The second-order valence-electron chi connectivity index (χ2n) is 9.78. The number of carbonyl (C=O) groups excluding carboxylic acids is 3. The maximum absolute atomic E-state index is 13.6. The molecule has 3 amide bonds. The van der Waals surface area contributed by atoms with E-state index in [-0.39, 0.29) is 12.1 Å². The van der Waals surface area contributed by atoms with E-state index in [0.717, 1.165) is 16.5 Å². The average molecular weight is 580 g/mol. The first-order valence-corrected chi connectivity index (χ1v) is 13.2. The molecule has 1 unspecified atom stereocenters. The molecule has 218 valence electrons. The van der Waals surface area contributed by atoms with Crippen molar-refractivity contribution >= 4 is 29.9 Å². The number of halogens is 3. The van der Waals surface area contributed by atoms with Crippen molar-refractivity contribution in [2.24, 2.45) is 0 Å². The fourth-order valence-corrected chi connectivity index (χ4v) is 4.59. The molecular weight excluding hydrogens is 551 g/mol. The molecule has 1 saturated heterocycles. The van der Waals surface area contributed by atoms with Gasteiger partial charge in [-0.15, -0.1) is 0 Å². The van der Waals surface area contributed by atoms with E-state index in [1.807, 2.05) is 36.4 Å². The Kier molecular flexibility index (Phi) is 9.75. The maximum atomic E-state index is 13.6. The normalized spacial score (nSPS) is 16.1. The predicted octanol–water partition coefficient (Wildman–Crippen LogP) is 4.61. The third kappa shape index (κ3) is 7.84. The van der Waals surface area contributed by atoms with Crippen molar-refractivity contribution in [2.45, 2.75) is 43.7 Å². The van der Waals surface area contributed by atoms with E-state index in [4.69, 9.17) is 10.00 Å². The minimum Gasteiger partial charge on any atom is -0.447 e. The first-order valence-electron chi connectivity index (χ1n) is 13.2. The van der Waals surface area contributed by atoms with Gasteiger partial charge < -0.3 is 15.0 Å². The Morgan fingerprint density at radius 1 is 1.19 bits per heavy atom. The van der Waals surface area contributed by atoms with Gasteiger partial charge in [0.15, 0.2) is 0 Å². The molecule has 1 saturated carbocycles. The van der Waals surface area contributed by atoms with Crippen LogP contribution in [0.5, 0.6) is 0 Å². The number of ether oxygens (including phenoxy) is 1. The molecule has 42 heavy (non-hydrogen) atoms. The molecule has 0 radical (unpaired) electrons. The van der Waals surface area contributed by atoms with Crippen molar-refractivity contribution in [2.75, 3.05) is 23.0 Å². The van der Waals surface area contributed by atoms with Crippen LogP contribution in [0.25, 0.3) is 0 Å². The zero-order chi connectivity index (χ0) is 30.1. The number of aryl methyl sites for hydroxylation is 1. The summed E-state index contributed by atoms with van der Waals surface area (Å²) in [6.07, 6.45) is 1.51. The van der Waals surface area contributed by atoms with Crippen LogP contribution in [0.15, 0.2) is 72.9 Å². The summed E-state index contributed by atoms with van der Waals surface area (Å²) in [5.41, 5.74) is 1.69. The molecule has 12 heteroatoms. The molecule has 2 aromatic carbocycles. The number of amides is 3. The number of nitrogens with one attached hydrogen (secondary N) is 1. The average Bonchev–Trinajstić information content (AvgIpc) is 3.41. The van der Waals surface area contributed by atoms with E-state index in [1.165, 1.54) is 29.3 Å². The van der Waals surface area contributed by atoms with Crippen LogP contribution in [-0.4, -0.2) is 54.6 Å². The topological polar surface area (TPSA) is 116 Å². The molecule has 0 bridgehead atoms. The van der Waals surface area contributed by atoms with Crippen molar-refractivity contribution in [3.8, 4) is 6.07 Å². The zero-order valence-corrected chi connectivity index (χ0v) is 22.5. The van der Waals surface area contributed by atoms with Crippen molar-refractivity contribution < 1.29 is 32.3 Å². The van der Waals surface area contributed by atoms with Crippen molar-refractivity contribution in [3.05, 3.63) is 89.9 Å². The lowest BCUT2D eigenvalue weighted by Crippen LogP contribution is -2.56. The maximum Gasteiger partial charge on any atom is 0.415 e. The number of hydrogen-bond acceptors (Lipinski definition) is 6. The van der Waals surface area contributed by atoms with Gasteiger partial charge in [-0.1, -0.05) is 36.4 Å². The Bertz CT molecular complexity index is 1440. The zero-order valence-electron chi connectivity index (χ0n) is 22.5. The number of nitriles is 1. The molecule has 3 aromatic rings. The highest BCUT2D eigenvalue weighted by atomic mass is 19.3. The van der Waals surface area contributed by atoms with Gasteiger partial charge >= 0.3 is 6.09 Å². The summed E-state index contributed by atoms with van der Waals surface area (Å²) in [6.45, 7) is 0.859. The number of carbonyl (C=O) groups is 3. The van der Waals surface area contributed by atoms with Crippen LogP contribution in [0.1, 0.15) is 30.4 Å². The third-order valence-corrected chi connectivity index (χ3v) is 6.76. The third-order valence-electron chi connectivity index (χ3n) is 6.76. The lowest BCUT2D eigenvalue weighted by atomic mass is 9.88. The van der Waals surface area contributed by atoms with Gasteiger partial charge in [-0.25, -0.2) is 22.9 Å². The lowest BCUT2D eigenvalue weighted by molar-refractivity contribution is -0.131. The van der Waals surface area contributed by atoms with E-state index < -0.39 is 48.7 Å². The second kappa shape index (κ2) is 13.6. The summed E-state index contributed by atoms with van der Waals surface area (Å²) in [6, 6.07) is 18.3. The fraction of sp³-hybridized carbons (Fsp3) is 0.300. The predicted molar refractivity (Wildman–Crippen MR) is 147 cm³/mol. The van der Waals surface area contributed by atoms with Gasteiger partial charge in [0.25, 0.3) is 5.92 Å². The SMILES string of the molecule is N#Cc1ccnc(N2CCOC2=O)c1.O=CN(c1cccc(F)c1)C(CCc1ccccc1)C(=O)NC1CC(F)(F)C1. The van der Waals surface area contributed by atoms with Crippen molar-refractivity contribution in [3.63, 3.8) is 0 Å². The summed E-state index contributed by atoms with van der Waals surface area (Å²) >= 11 is 0. The second-order valence-corrected chi connectivity index (χ2v) is 9.78. The largest absolute Gasteiger partial charge is 0.447 e. The molecule has 5 rings (SSSR count).